The Hall–Kier alpha value is -2.66. The lowest BCUT2D eigenvalue weighted by Crippen LogP contribution is -2.03. The quantitative estimate of drug-likeness (QED) is 0.753. The topological polar surface area (TPSA) is 63.0 Å². The first kappa shape index (κ1) is 13.3. The minimum Gasteiger partial charge on any atom is -0.392 e. The lowest BCUT2D eigenvalue weighted by molar-refractivity contribution is 0.282. The molecular formula is C16H16N4O. The molecule has 21 heavy (non-hydrogen) atoms. The average molecular weight is 280 g/mol. The molecule has 0 spiro atoms. The van der Waals surface area contributed by atoms with E-state index in [1.54, 1.807) is 11.0 Å². The van der Waals surface area contributed by atoms with E-state index >= 15 is 0 Å². The summed E-state index contributed by atoms with van der Waals surface area (Å²) < 4.78 is 1.75. The molecule has 1 aromatic heterocycles. The molecule has 0 radical (unpaired) electrons. The van der Waals surface area contributed by atoms with Crippen LogP contribution in [0.3, 0.4) is 0 Å². The van der Waals surface area contributed by atoms with Gasteiger partial charge in [0.15, 0.2) is 5.82 Å². The summed E-state index contributed by atoms with van der Waals surface area (Å²) in [5, 5.41) is 16.8. The zero-order valence-electron chi connectivity index (χ0n) is 11.5. The van der Waals surface area contributed by atoms with Crippen LogP contribution in [0, 0.1) is 0 Å². The number of hydrogen-bond donors (Lipinski definition) is 2. The normalized spacial score (nSPS) is 10.5. The molecule has 0 fully saturated rings. The molecule has 0 aliphatic carbocycles. The molecule has 3 aromatic rings. The van der Waals surface area contributed by atoms with E-state index in [1.165, 1.54) is 0 Å². The molecule has 3 rings (SSSR count). The van der Waals surface area contributed by atoms with Crippen molar-refractivity contribution in [3.05, 3.63) is 72.3 Å². The molecule has 5 heteroatoms. The standard InChI is InChI=1S/C16H16N4O/c21-11-13-5-4-6-14(9-13)17-10-16-18-12-20(19-16)15-7-2-1-3-8-15/h1-9,12,17,21H,10-11H2. The average Bonchev–Trinajstić information content (AvgIpc) is 3.03. The second-order valence-electron chi connectivity index (χ2n) is 4.65. The summed E-state index contributed by atoms with van der Waals surface area (Å²) in [5.74, 6) is 0.716. The van der Waals surface area contributed by atoms with Crippen molar-refractivity contribution in [3.8, 4) is 5.69 Å². The van der Waals surface area contributed by atoms with Crippen LogP contribution >= 0.6 is 0 Å². The molecule has 0 unspecified atom stereocenters. The van der Waals surface area contributed by atoms with Crippen molar-refractivity contribution in [2.24, 2.45) is 0 Å². The van der Waals surface area contributed by atoms with E-state index in [0.717, 1.165) is 16.9 Å². The molecule has 0 atom stereocenters. The molecule has 0 bridgehead atoms. The molecule has 106 valence electrons. The van der Waals surface area contributed by atoms with Crippen molar-refractivity contribution in [2.75, 3.05) is 5.32 Å². The zero-order valence-corrected chi connectivity index (χ0v) is 11.5. The Labute approximate surface area is 122 Å². The van der Waals surface area contributed by atoms with Crippen molar-refractivity contribution in [2.45, 2.75) is 13.2 Å². The van der Waals surface area contributed by atoms with Gasteiger partial charge in [0.25, 0.3) is 0 Å². The van der Waals surface area contributed by atoms with E-state index in [-0.39, 0.29) is 6.61 Å². The van der Waals surface area contributed by atoms with Gasteiger partial charge in [0.2, 0.25) is 0 Å². The summed E-state index contributed by atoms with van der Waals surface area (Å²) in [6.07, 6.45) is 1.70. The van der Waals surface area contributed by atoms with Crippen LogP contribution in [0.4, 0.5) is 5.69 Å². The Balaban J connectivity index is 1.67. The van der Waals surface area contributed by atoms with Gasteiger partial charge in [0.05, 0.1) is 18.8 Å². The van der Waals surface area contributed by atoms with Gasteiger partial charge >= 0.3 is 0 Å². The number of aliphatic hydroxyl groups excluding tert-OH is 1. The monoisotopic (exact) mass is 280 g/mol. The molecule has 0 saturated carbocycles. The minimum atomic E-state index is 0.0381. The summed E-state index contributed by atoms with van der Waals surface area (Å²) >= 11 is 0. The summed E-state index contributed by atoms with van der Waals surface area (Å²) in [7, 11) is 0. The first-order valence-corrected chi connectivity index (χ1v) is 6.75. The van der Waals surface area contributed by atoms with Crippen molar-refractivity contribution >= 4 is 5.69 Å². The van der Waals surface area contributed by atoms with Crippen molar-refractivity contribution in [1.29, 1.82) is 0 Å². The summed E-state index contributed by atoms with van der Waals surface area (Å²) in [6.45, 7) is 0.575. The summed E-state index contributed by atoms with van der Waals surface area (Å²) in [6, 6.07) is 17.5. The van der Waals surface area contributed by atoms with Crippen LogP contribution in [0.5, 0.6) is 0 Å². The lowest BCUT2D eigenvalue weighted by Gasteiger charge is -2.05. The highest BCUT2D eigenvalue weighted by Gasteiger charge is 2.02. The fourth-order valence-corrected chi connectivity index (χ4v) is 2.04. The van der Waals surface area contributed by atoms with Gasteiger partial charge in [-0.15, -0.1) is 5.10 Å². The van der Waals surface area contributed by atoms with Gasteiger partial charge in [-0.25, -0.2) is 9.67 Å². The highest BCUT2D eigenvalue weighted by atomic mass is 16.3. The Kier molecular flexibility index (Phi) is 3.93. The first-order chi connectivity index (χ1) is 10.3. The van der Waals surface area contributed by atoms with E-state index < -0.39 is 0 Å². The van der Waals surface area contributed by atoms with E-state index in [1.807, 2.05) is 54.6 Å². The van der Waals surface area contributed by atoms with Crippen molar-refractivity contribution in [1.82, 2.24) is 14.8 Å². The number of rotatable bonds is 5. The molecule has 0 aliphatic rings. The Morgan fingerprint density at radius 2 is 1.90 bits per heavy atom. The first-order valence-electron chi connectivity index (χ1n) is 6.75. The highest BCUT2D eigenvalue weighted by molar-refractivity contribution is 5.45. The number of nitrogens with one attached hydrogen (secondary N) is 1. The maximum absolute atomic E-state index is 9.12. The van der Waals surface area contributed by atoms with Crippen molar-refractivity contribution < 1.29 is 5.11 Å². The van der Waals surface area contributed by atoms with E-state index in [9.17, 15) is 0 Å². The van der Waals surface area contributed by atoms with Crippen molar-refractivity contribution in [3.63, 3.8) is 0 Å². The second kappa shape index (κ2) is 6.19. The lowest BCUT2D eigenvalue weighted by atomic mass is 10.2. The third-order valence-corrected chi connectivity index (χ3v) is 3.12. The molecule has 1 heterocycles. The summed E-state index contributed by atoms with van der Waals surface area (Å²) in [5.41, 5.74) is 2.80. The number of benzene rings is 2. The number of aromatic nitrogens is 3. The number of hydrogen-bond acceptors (Lipinski definition) is 4. The largest absolute Gasteiger partial charge is 0.392 e. The maximum atomic E-state index is 9.12. The highest BCUT2D eigenvalue weighted by Crippen LogP contribution is 2.11. The zero-order chi connectivity index (χ0) is 14.5. The maximum Gasteiger partial charge on any atom is 0.170 e. The smallest absolute Gasteiger partial charge is 0.170 e. The van der Waals surface area contributed by atoms with Gasteiger partial charge in [0, 0.05) is 5.69 Å². The molecule has 0 saturated heterocycles. The van der Waals surface area contributed by atoms with Gasteiger partial charge < -0.3 is 10.4 Å². The van der Waals surface area contributed by atoms with Crippen LogP contribution in [0.1, 0.15) is 11.4 Å². The SMILES string of the molecule is OCc1cccc(NCc2ncn(-c3ccccc3)n2)c1. The predicted molar refractivity (Wildman–Crippen MR) is 81.1 cm³/mol. The van der Waals surface area contributed by atoms with Gasteiger partial charge in [-0.1, -0.05) is 30.3 Å². The van der Waals surface area contributed by atoms with Gasteiger partial charge in [-0.3, -0.25) is 0 Å². The number of anilines is 1. The number of para-hydroxylation sites is 1. The van der Waals surface area contributed by atoms with Gasteiger partial charge in [0.1, 0.15) is 6.33 Å². The second-order valence-corrected chi connectivity index (χ2v) is 4.65. The molecule has 2 N–H and O–H groups in total. The fourth-order valence-electron chi connectivity index (χ4n) is 2.04. The Morgan fingerprint density at radius 1 is 1.05 bits per heavy atom. The van der Waals surface area contributed by atoms with Crippen LogP contribution in [0.2, 0.25) is 0 Å². The fraction of sp³-hybridized carbons (Fsp3) is 0.125. The van der Waals surface area contributed by atoms with Crippen LogP contribution in [0.15, 0.2) is 60.9 Å². The number of aliphatic hydroxyl groups is 1. The predicted octanol–water partition coefficient (Wildman–Crippen LogP) is 2.37. The minimum absolute atomic E-state index is 0.0381. The van der Waals surface area contributed by atoms with E-state index in [4.69, 9.17) is 5.11 Å². The van der Waals surface area contributed by atoms with E-state index in [0.29, 0.717) is 12.4 Å². The molecule has 2 aromatic carbocycles. The van der Waals surface area contributed by atoms with Gasteiger partial charge in [-0.05, 0) is 29.8 Å². The third-order valence-electron chi connectivity index (χ3n) is 3.12. The van der Waals surface area contributed by atoms with E-state index in [2.05, 4.69) is 15.4 Å². The van der Waals surface area contributed by atoms with Crippen LogP contribution in [-0.2, 0) is 13.2 Å². The van der Waals surface area contributed by atoms with Crippen LogP contribution < -0.4 is 5.32 Å². The Morgan fingerprint density at radius 3 is 2.71 bits per heavy atom. The molecular weight excluding hydrogens is 264 g/mol. The Bertz CT molecular complexity index is 709. The third kappa shape index (κ3) is 3.27. The molecule has 0 amide bonds. The molecule has 5 nitrogen and oxygen atoms in total. The molecule has 0 aliphatic heterocycles. The van der Waals surface area contributed by atoms with Crippen LogP contribution in [0.25, 0.3) is 5.69 Å². The number of nitrogens with zero attached hydrogens (tertiary/aromatic N) is 3. The van der Waals surface area contributed by atoms with Crippen LogP contribution in [-0.4, -0.2) is 19.9 Å². The summed E-state index contributed by atoms with van der Waals surface area (Å²) in [4.78, 5) is 4.29. The van der Waals surface area contributed by atoms with Gasteiger partial charge in [-0.2, -0.15) is 0 Å².